The maximum atomic E-state index is 12.5. The minimum atomic E-state index is -0.294. The van der Waals surface area contributed by atoms with Gasteiger partial charge in [0.1, 0.15) is 5.69 Å². The van der Waals surface area contributed by atoms with E-state index in [1.807, 2.05) is 43.3 Å². The number of nitrogens with one attached hydrogen (secondary N) is 1. The smallest absolute Gasteiger partial charge is 0.268 e. The van der Waals surface area contributed by atoms with Crippen LogP contribution in [-0.4, -0.2) is 15.5 Å². The van der Waals surface area contributed by atoms with E-state index in [2.05, 4.69) is 10.3 Å². The first-order valence-corrected chi connectivity index (χ1v) is 7.35. The number of fused-ring (bicyclic) bond motifs is 1. The van der Waals surface area contributed by atoms with E-state index in [1.165, 1.54) is 4.57 Å². The number of amides is 1. The number of aromatic nitrogens is 2. The van der Waals surface area contributed by atoms with Crippen LogP contribution in [0.1, 0.15) is 21.7 Å². The number of hydrogen-bond acceptors (Lipinski definition) is 3. The van der Waals surface area contributed by atoms with Gasteiger partial charge in [-0.15, -0.1) is 0 Å². The SMILES string of the molecule is Cc1ccc2cc(C(=O)NCc3ccccn3)n(C)c(=O)c2c1. The van der Waals surface area contributed by atoms with Crippen molar-refractivity contribution in [3.63, 3.8) is 0 Å². The molecule has 0 spiro atoms. The lowest BCUT2D eigenvalue weighted by atomic mass is 10.1. The van der Waals surface area contributed by atoms with Gasteiger partial charge in [-0.1, -0.05) is 23.8 Å². The van der Waals surface area contributed by atoms with Crippen LogP contribution in [0.15, 0.2) is 53.5 Å². The molecule has 2 heterocycles. The maximum absolute atomic E-state index is 12.5. The molecule has 23 heavy (non-hydrogen) atoms. The topological polar surface area (TPSA) is 64.0 Å². The van der Waals surface area contributed by atoms with E-state index in [9.17, 15) is 9.59 Å². The summed E-state index contributed by atoms with van der Waals surface area (Å²) in [6.45, 7) is 2.26. The second-order valence-corrected chi connectivity index (χ2v) is 5.49. The van der Waals surface area contributed by atoms with E-state index in [0.717, 1.165) is 16.6 Å². The highest BCUT2D eigenvalue weighted by Gasteiger charge is 2.13. The van der Waals surface area contributed by atoms with Gasteiger partial charge in [0.15, 0.2) is 0 Å². The Morgan fingerprint density at radius 1 is 1.22 bits per heavy atom. The number of hydrogen-bond donors (Lipinski definition) is 1. The number of aryl methyl sites for hydroxylation is 1. The standard InChI is InChI=1S/C18H17N3O2/c1-12-6-7-13-10-16(21(2)18(23)15(13)9-12)17(22)20-11-14-5-3-4-8-19-14/h3-10H,11H2,1-2H3,(H,20,22). The van der Waals surface area contributed by atoms with Gasteiger partial charge < -0.3 is 9.88 Å². The molecule has 0 aliphatic rings. The Morgan fingerprint density at radius 3 is 2.78 bits per heavy atom. The first-order valence-electron chi connectivity index (χ1n) is 7.35. The second kappa shape index (κ2) is 6.04. The number of pyridine rings is 2. The molecule has 3 rings (SSSR count). The third-order valence-electron chi connectivity index (χ3n) is 3.79. The maximum Gasteiger partial charge on any atom is 0.268 e. The average Bonchev–Trinajstić information content (AvgIpc) is 2.57. The number of carbonyl (C=O) groups is 1. The van der Waals surface area contributed by atoms with Gasteiger partial charge in [0.05, 0.1) is 12.2 Å². The van der Waals surface area contributed by atoms with E-state index < -0.39 is 0 Å². The lowest BCUT2D eigenvalue weighted by molar-refractivity contribution is 0.0941. The molecule has 0 bridgehead atoms. The summed E-state index contributed by atoms with van der Waals surface area (Å²) in [5.74, 6) is -0.294. The van der Waals surface area contributed by atoms with Gasteiger partial charge in [-0.05, 0) is 36.6 Å². The van der Waals surface area contributed by atoms with Crippen molar-refractivity contribution in [2.75, 3.05) is 0 Å². The molecule has 0 saturated heterocycles. The summed E-state index contributed by atoms with van der Waals surface area (Å²) in [7, 11) is 1.61. The van der Waals surface area contributed by atoms with Crippen molar-refractivity contribution >= 4 is 16.7 Å². The van der Waals surface area contributed by atoms with Gasteiger partial charge in [-0.25, -0.2) is 0 Å². The zero-order chi connectivity index (χ0) is 16.4. The summed E-state index contributed by atoms with van der Waals surface area (Å²) < 4.78 is 1.38. The molecule has 1 N–H and O–H groups in total. The first kappa shape index (κ1) is 15.0. The van der Waals surface area contributed by atoms with Gasteiger partial charge >= 0.3 is 0 Å². The highest BCUT2D eigenvalue weighted by atomic mass is 16.2. The van der Waals surface area contributed by atoms with E-state index in [-0.39, 0.29) is 11.5 Å². The molecule has 0 aliphatic carbocycles. The first-order chi connectivity index (χ1) is 11.1. The second-order valence-electron chi connectivity index (χ2n) is 5.49. The largest absolute Gasteiger partial charge is 0.345 e. The lowest BCUT2D eigenvalue weighted by Crippen LogP contribution is -2.30. The van der Waals surface area contributed by atoms with Crippen molar-refractivity contribution in [1.29, 1.82) is 0 Å². The van der Waals surface area contributed by atoms with Crippen LogP contribution in [0.4, 0.5) is 0 Å². The zero-order valence-electron chi connectivity index (χ0n) is 13.0. The molecule has 0 radical (unpaired) electrons. The summed E-state index contributed by atoms with van der Waals surface area (Å²) in [5, 5.41) is 4.18. The summed E-state index contributed by atoms with van der Waals surface area (Å²) in [4.78, 5) is 29.0. The van der Waals surface area contributed by atoms with Crippen LogP contribution < -0.4 is 10.9 Å². The van der Waals surface area contributed by atoms with Crippen LogP contribution in [0.5, 0.6) is 0 Å². The fourth-order valence-corrected chi connectivity index (χ4v) is 2.50. The van der Waals surface area contributed by atoms with Crippen molar-refractivity contribution < 1.29 is 4.79 Å². The predicted octanol–water partition coefficient (Wildman–Crippen LogP) is 2.17. The molecule has 0 atom stereocenters. The molecular weight excluding hydrogens is 290 g/mol. The Hall–Kier alpha value is -2.95. The van der Waals surface area contributed by atoms with Crippen molar-refractivity contribution in [1.82, 2.24) is 14.9 Å². The molecule has 3 aromatic rings. The van der Waals surface area contributed by atoms with Gasteiger partial charge in [-0.3, -0.25) is 14.6 Å². The van der Waals surface area contributed by atoms with Crippen LogP contribution >= 0.6 is 0 Å². The zero-order valence-corrected chi connectivity index (χ0v) is 13.0. The quantitative estimate of drug-likeness (QED) is 0.806. The fraction of sp³-hybridized carbons (Fsp3) is 0.167. The molecule has 1 amide bonds. The van der Waals surface area contributed by atoms with Gasteiger partial charge in [0.2, 0.25) is 0 Å². The van der Waals surface area contributed by atoms with Crippen LogP contribution in [0.2, 0.25) is 0 Å². The van der Waals surface area contributed by atoms with Gasteiger partial charge in [-0.2, -0.15) is 0 Å². The van der Waals surface area contributed by atoms with Crippen LogP contribution in [0.25, 0.3) is 10.8 Å². The molecule has 5 nitrogen and oxygen atoms in total. The Kier molecular flexibility index (Phi) is 3.93. The van der Waals surface area contributed by atoms with Crippen molar-refractivity contribution in [3.8, 4) is 0 Å². The molecule has 0 unspecified atom stereocenters. The normalized spacial score (nSPS) is 10.7. The highest BCUT2D eigenvalue weighted by Crippen LogP contribution is 2.14. The molecule has 0 aliphatic heterocycles. The summed E-state index contributed by atoms with van der Waals surface area (Å²) in [6.07, 6.45) is 1.68. The average molecular weight is 307 g/mol. The Bertz CT molecular complexity index is 930. The summed E-state index contributed by atoms with van der Waals surface area (Å²) >= 11 is 0. The van der Waals surface area contributed by atoms with E-state index in [4.69, 9.17) is 0 Å². The fourth-order valence-electron chi connectivity index (χ4n) is 2.50. The van der Waals surface area contributed by atoms with Crippen LogP contribution in [0.3, 0.4) is 0 Å². The molecular formula is C18H17N3O2. The Labute approximate surface area is 133 Å². The van der Waals surface area contributed by atoms with Crippen molar-refractivity contribution in [2.45, 2.75) is 13.5 Å². The van der Waals surface area contributed by atoms with Crippen LogP contribution in [0, 0.1) is 6.92 Å². The molecule has 1 aromatic carbocycles. The van der Waals surface area contributed by atoms with Gasteiger partial charge in [0, 0.05) is 18.6 Å². The van der Waals surface area contributed by atoms with Crippen molar-refractivity contribution in [2.24, 2.45) is 7.05 Å². The number of benzene rings is 1. The van der Waals surface area contributed by atoms with E-state index in [0.29, 0.717) is 17.6 Å². The number of carbonyl (C=O) groups excluding carboxylic acids is 1. The highest BCUT2D eigenvalue weighted by molar-refractivity contribution is 5.96. The number of rotatable bonds is 3. The molecule has 2 aromatic heterocycles. The third-order valence-corrected chi connectivity index (χ3v) is 3.79. The molecule has 0 saturated carbocycles. The molecule has 116 valence electrons. The summed E-state index contributed by atoms with van der Waals surface area (Å²) in [6, 6.07) is 12.9. The van der Waals surface area contributed by atoms with Crippen molar-refractivity contribution in [3.05, 3.63) is 76.0 Å². The van der Waals surface area contributed by atoms with E-state index in [1.54, 1.807) is 19.3 Å². The minimum Gasteiger partial charge on any atom is -0.345 e. The Morgan fingerprint density at radius 2 is 2.04 bits per heavy atom. The molecule has 0 fully saturated rings. The monoisotopic (exact) mass is 307 g/mol. The predicted molar refractivity (Wildman–Crippen MR) is 89.3 cm³/mol. The number of nitrogens with zero attached hydrogens (tertiary/aromatic N) is 2. The lowest BCUT2D eigenvalue weighted by Gasteiger charge is -2.11. The molecule has 5 heteroatoms. The van der Waals surface area contributed by atoms with Crippen LogP contribution in [-0.2, 0) is 13.6 Å². The van der Waals surface area contributed by atoms with Gasteiger partial charge in [0.25, 0.3) is 11.5 Å². The van der Waals surface area contributed by atoms with E-state index >= 15 is 0 Å². The minimum absolute atomic E-state index is 0.172. The third kappa shape index (κ3) is 2.99. The Balaban J connectivity index is 1.93. The summed E-state index contributed by atoms with van der Waals surface area (Å²) in [5.41, 5.74) is 1.95.